The predicted octanol–water partition coefficient (Wildman–Crippen LogP) is 2.12. The van der Waals surface area contributed by atoms with Crippen LogP contribution in [-0.4, -0.2) is 7.05 Å². The Kier molecular flexibility index (Phi) is 3.09. The van der Waals surface area contributed by atoms with Crippen molar-refractivity contribution in [3.8, 4) is 6.07 Å². The Balaban J connectivity index is 2.89. The molecule has 1 atom stereocenters. The van der Waals surface area contributed by atoms with Crippen LogP contribution in [0.25, 0.3) is 0 Å². The summed E-state index contributed by atoms with van der Waals surface area (Å²) in [5, 5.41) is 12.3. The number of halogens is 1. The van der Waals surface area contributed by atoms with Crippen molar-refractivity contribution in [3.05, 3.63) is 34.9 Å². The molecule has 0 aliphatic carbocycles. The maximum atomic E-state index is 8.70. The molecule has 62 valence electrons. The summed E-state index contributed by atoms with van der Waals surface area (Å²) in [4.78, 5) is 0. The first-order valence-corrected chi connectivity index (χ1v) is 3.98. The van der Waals surface area contributed by atoms with Crippen LogP contribution in [0.1, 0.15) is 11.6 Å². The van der Waals surface area contributed by atoms with Crippen molar-refractivity contribution in [2.75, 3.05) is 7.05 Å². The van der Waals surface area contributed by atoms with E-state index in [1.807, 2.05) is 12.1 Å². The van der Waals surface area contributed by atoms with Crippen molar-refractivity contribution >= 4 is 11.6 Å². The van der Waals surface area contributed by atoms with E-state index >= 15 is 0 Å². The number of nitrogens with zero attached hydrogens (tertiary/aromatic N) is 1. The lowest BCUT2D eigenvalue weighted by Crippen LogP contribution is -2.13. The molecule has 0 saturated heterocycles. The van der Waals surface area contributed by atoms with Crippen LogP contribution in [0.2, 0.25) is 5.02 Å². The van der Waals surface area contributed by atoms with Gasteiger partial charge in [0.05, 0.1) is 6.07 Å². The Labute approximate surface area is 76.8 Å². The summed E-state index contributed by atoms with van der Waals surface area (Å²) < 4.78 is 0. The number of nitrogens with one attached hydrogen (secondary N) is 1. The summed E-state index contributed by atoms with van der Waals surface area (Å²) in [6.45, 7) is 0. The van der Waals surface area contributed by atoms with Crippen molar-refractivity contribution in [2.45, 2.75) is 6.04 Å². The van der Waals surface area contributed by atoms with E-state index in [2.05, 4.69) is 11.4 Å². The lowest BCUT2D eigenvalue weighted by molar-refractivity contribution is 0.727. The molecule has 0 unspecified atom stereocenters. The lowest BCUT2D eigenvalue weighted by atomic mass is 10.1. The first-order chi connectivity index (χ1) is 5.77. The zero-order valence-electron chi connectivity index (χ0n) is 6.71. The van der Waals surface area contributed by atoms with Gasteiger partial charge in [0.2, 0.25) is 0 Å². The average molecular weight is 181 g/mol. The van der Waals surface area contributed by atoms with Crippen molar-refractivity contribution in [1.82, 2.24) is 5.32 Å². The Morgan fingerprint density at radius 3 is 2.42 bits per heavy atom. The van der Waals surface area contributed by atoms with Gasteiger partial charge in [-0.15, -0.1) is 0 Å². The summed E-state index contributed by atoms with van der Waals surface area (Å²) in [5.41, 5.74) is 0.935. The highest BCUT2D eigenvalue weighted by atomic mass is 35.5. The summed E-state index contributed by atoms with van der Waals surface area (Å²) >= 11 is 5.70. The normalized spacial score (nSPS) is 12.1. The molecule has 0 aliphatic heterocycles. The molecule has 1 aromatic rings. The first-order valence-electron chi connectivity index (χ1n) is 3.60. The van der Waals surface area contributed by atoms with E-state index in [9.17, 15) is 0 Å². The molecule has 1 aromatic carbocycles. The number of rotatable bonds is 2. The molecule has 0 heterocycles. The maximum absolute atomic E-state index is 8.70. The fraction of sp³-hybridized carbons (Fsp3) is 0.222. The topological polar surface area (TPSA) is 35.8 Å². The SMILES string of the molecule is CN[C@H](C#N)c1ccc(Cl)cc1. The van der Waals surface area contributed by atoms with Crippen LogP contribution in [0.15, 0.2) is 24.3 Å². The number of benzene rings is 1. The van der Waals surface area contributed by atoms with E-state index in [0.29, 0.717) is 5.02 Å². The lowest BCUT2D eigenvalue weighted by Gasteiger charge is -2.06. The molecule has 0 saturated carbocycles. The zero-order valence-corrected chi connectivity index (χ0v) is 7.47. The van der Waals surface area contributed by atoms with Gasteiger partial charge in [-0.25, -0.2) is 0 Å². The minimum atomic E-state index is -0.248. The number of nitriles is 1. The second-order valence-corrected chi connectivity index (χ2v) is 2.84. The largest absolute Gasteiger partial charge is 0.301 e. The third-order valence-corrected chi connectivity index (χ3v) is 1.87. The van der Waals surface area contributed by atoms with Crippen LogP contribution in [0.5, 0.6) is 0 Å². The molecule has 2 nitrogen and oxygen atoms in total. The van der Waals surface area contributed by atoms with Gasteiger partial charge >= 0.3 is 0 Å². The van der Waals surface area contributed by atoms with Gasteiger partial charge < -0.3 is 5.32 Å². The second kappa shape index (κ2) is 4.10. The van der Waals surface area contributed by atoms with Gasteiger partial charge in [0.1, 0.15) is 6.04 Å². The van der Waals surface area contributed by atoms with Gasteiger partial charge in [-0.2, -0.15) is 5.26 Å². The van der Waals surface area contributed by atoms with E-state index in [1.165, 1.54) is 0 Å². The summed E-state index contributed by atoms with van der Waals surface area (Å²) in [7, 11) is 1.75. The van der Waals surface area contributed by atoms with Gasteiger partial charge in [0.25, 0.3) is 0 Å². The van der Waals surface area contributed by atoms with Crippen LogP contribution < -0.4 is 5.32 Å². The van der Waals surface area contributed by atoms with Crippen LogP contribution >= 0.6 is 11.6 Å². The highest BCUT2D eigenvalue weighted by molar-refractivity contribution is 6.30. The molecular weight excluding hydrogens is 172 g/mol. The maximum Gasteiger partial charge on any atom is 0.121 e. The highest BCUT2D eigenvalue weighted by Crippen LogP contribution is 2.15. The third kappa shape index (κ3) is 1.97. The highest BCUT2D eigenvalue weighted by Gasteiger charge is 2.05. The van der Waals surface area contributed by atoms with E-state index < -0.39 is 0 Å². The summed E-state index contributed by atoms with van der Waals surface area (Å²) in [6, 6.07) is 9.12. The molecule has 0 radical (unpaired) electrons. The van der Waals surface area contributed by atoms with Crippen LogP contribution in [0, 0.1) is 11.3 Å². The summed E-state index contributed by atoms with van der Waals surface area (Å²) in [5.74, 6) is 0. The average Bonchev–Trinajstić information content (AvgIpc) is 2.10. The minimum Gasteiger partial charge on any atom is -0.301 e. The molecule has 1 N–H and O–H groups in total. The number of hydrogen-bond acceptors (Lipinski definition) is 2. The van der Waals surface area contributed by atoms with Crippen molar-refractivity contribution in [1.29, 1.82) is 5.26 Å². The molecule has 1 rings (SSSR count). The molecule has 12 heavy (non-hydrogen) atoms. The van der Waals surface area contributed by atoms with Gasteiger partial charge in [0.15, 0.2) is 0 Å². The molecule has 0 spiro atoms. The molecule has 3 heteroatoms. The Hall–Kier alpha value is -1.04. The van der Waals surface area contributed by atoms with Gasteiger partial charge in [-0.1, -0.05) is 23.7 Å². The third-order valence-electron chi connectivity index (χ3n) is 1.62. The Morgan fingerprint density at radius 1 is 1.42 bits per heavy atom. The van der Waals surface area contributed by atoms with E-state index in [0.717, 1.165) is 5.56 Å². The standard InChI is InChI=1S/C9H9ClN2/c1-12-9(6-11)7-2-4-8(10)5-3-7/h2-5,9,12H,1H3/t9-/m1/s1. The van der Waals surface area contributed by atoms with E-state index in [1.54, 1.807) is 19.2 Å². The van der Waals surface area contributed by atoms with E-state index in [-0.39, 0.29) is 6.04 Å². The fourth-order valence-corrected chi connectivity index (χ4v) is 1.09. The van der Waals surface area contributed by atoms with E-state index in [4.69, 9.17) is 16.9 Å². The number of hydrogen-bond donors (Lipinski definition) is 1. The quantitative estimate of drug-likeness (QED) is 0.757. The molecule has 0 amide bonds. The van der Waals surface area contributed by atoms with Gasteiger partial charge in [-0.05, 0) is 24.7 Å². The molecule has 0 fully saturated rings. The van der Waals surface area contributed by atoms with Crippen LogP contribution in [-0.2, 0) is 0 Å². The minimum absolute atomic E-state index is 0.248. The predicted molar refractivity (Wildman–Crippen MR) is 48.9 cm³/mol. The Morgan fingerprint density at radius 2 is 2.00 bits per heavy atom. The monoisotopic (exact) mass is 180 g/mol. The van der Waals surface area contributed by atoms with Crippen LogP contribution in [0.3, 0.4) is 0 Å². The van der Waals surface area contributed by atoms with Crippen LogP contribution in [0.4, 0.5) is 0 Å². The molecule has 0 bridgehead atoms. The second-order valence-electron chi connectivity index (χ2n) is 2.40. The van der Waals surface area contributed by atoms with Crippen molar-refractivity contribution < 1.29 is 0 Å². The zero-order chi connectivity index (χ0) is 8.97. The first kappa shape index (κ1) is 9.05. The fourth-order valence-electron chi connectivity index (χ4n) is 0.961. The molecule has 0 aliphatic rings. The molecule has 0 aromatic heterocycles. The Bertz CT molecular complexity index is 286. The summed E-state index contributed by atoms with van der Waals surface area (Å²) in [6.07, 6.45) is 0. The van der Waals surface area contributed by atoms with Crippen molar-refractivity contribution in [2.24, 2.45) is 0 Å². The molecular formula is C9H9ClN2. The van der Waals surface area contributed by atoms with Gasteiger partial charge in [0, 0.05) is 5.02 Å². The van der Waals surface area contributed by atoms with Gasteiger partial charge in [-0.3, -0.25) is 0 Å². The van der Waals surface area contributed by atoms with Crippen molar-refractivity contribution in [3.63, 3.8) is 0 Å². The smallest absolute Gasteiger partial charge is 0.121 e.